The first kappa shape index (κ1) is 12.6. The van der Waals surface area contributed by atoms with Gasteiger partial charge in [-0.05, 0) is 18.6 Å². The van der Waals surface area contributed by atoms with Crippen LogP contribution in [0.4, 0.5) is 10.1 Å². The molecule has 0 amide bonds. The quantitative estimate of drug-likeness (QED) is 0.744. The number of hydrogen-bond donors (Lipinski definition) is 1. The molecule has 1 aromatic carbocycles. The smallest absolute Gasteiger partial charge is 0.126 e. The van der Waals surface area contributed by atoms with Crippen molar-refractivity contribution in [1.29, 1.82) is 0 Å². The second-order valence-corrected chi connectivity index (χ2v) is 4.19. The Bertz CT molecular complexity index is 305. The lowest BCUT2D eigenvalue weighted by Crippen LogP contribution is -2.02. The van der Waals surface area contributed by atoms with E-state index in [0.29, 0.717) is 15.7 Å². The zero-order valence-electron chi connectivity index (χ0n) is 8.62. The van der Waals surface area contributed by atoms with E-state index in [-0.39, 0.29) is 0 Å². The van der Waals surface area contributed by atoms with Crippen LogP contribution < -0.4 is 5.32 Å². The molecule has 0 spiro atoms. The Kier molecular flexibility index (Phi) is 5.20. The van der Waals surface area contributed by atoms with E-state index in [4.69, 9.17) is 23.2 Å². The minimum atomic E-state index is -0.413. The Balaban J connectivity index is 2.60. The number of unbranched alkanes of at least 4 members (excludes halogenated alkanes) is 2. The normalized spacial score (nSPS) is 10.4. The predicted octanol–water partition coefficient (Wildman–Crippen LogP) is 4.73. The number of benzene rings is 1. The summed E-state index contributed by atoms with van der Waals surface area (Å²) in [6, 6.07) is 2.52. The summed E-state index contributed by atoms with van der Waals surface area (Å²) in [4.78, 5) is 0. The van der Waals surface area contributed by atoms with E-state index >= 15 is 0 Å². The van der Waals surface area contributed by atoms with Crippen molar-refractivity contribution in [2.24, 2.45) is 0 Å². The fraction of sp³-hybridized carbons (Fsp3) is 0.455. The van der Waals surface area contributed by atoms with Gasteiger partial charge in [0, 0.05) is 6.54 Å². The molecule has 1 aromatic rings. The maximum atomic E-state index is 12.9. The van der Waals surface area contributed by atoms with Crippen molar-refractivity contribution < 1.29 is 4.39 Å². The zero-order valence-corrected chi connectivity index (χ0v) is 10.1. The van der Waals surface area contributed by atoms with Crippen LogP contribution in [0.2, 0.25) is 10.0 Å². The van der Waals surface area contributed by atoms with Crippen LogP contribution in [-0.4, -0.2) is 6.54 Å². The lowest BCUT2D eigenvalue weighted by molar-refractivity contribution is 0.628. The summed E-state index contributed by atoms with van der Waals surface area (Å²) in [6.45, 7) is 2.94. The van der Waals surface area contributed by atoms with Gasteiger partial charge in [-0.15, -0.1) is 0 Å². The highest BCUT2D eigenvalue weighted by molar-refractivity contribution is 6.39. The Labute approximate surface area is 99.6 Å². The van der Waals surface area contributed by atoms with Crippen molar-refractivity contribution in [3.05, 3.63) is 28.0 Å². The summed E-state index contributed by atoms with van der Waals surface area (Å²) < 4.78 is 12.9. The Morgan fingerprint density at radius 2 is 1.80 bits per heavy atom. The first-order chi connectivity index (χ1) is 7.15. The third-order valence-corrected chi connectivity index (χ3v) is 2.69. The van der Waals surface area contributed by atoms with Gasteiger partial charge >= 0.3 is 0 Å². The van der Waals surface area contributed by atoms with Crippen molar-refractivity contribution in [2.75, 3.05) is 11.9 Å². The molecule has 0 aromatic heterocycles. The first-order valence-electron chi connectivity index (χ1n) is 5.03. The number of halogens is 3. The fourth-order valence-electron chi connectivity index (χ4n) is 1.30. The highest BCUT2D eigenvalue weighted by atomic mass is 35.5. The molecule has 0 bridgehead atoms. The molecule has 4 heteroatoms. The molecule has 0 heterocycles. The van der Waals surface area contributed by atoms with E-state index < -0.39 is 5.82 Å². The summed E-state index contributed by atoms with van der Waals surface area (Å²) in [5.41, 5.74) is 0.621. The number of anilines is 1. The molecule has 0 unspecified atom stereocenters. The Morgan fingerprint density at radius 3 is 2.33 bits per heavy atom. The molecular formula is C11H14Cl2FN. The van der Waals surface area contributed by atoms with Gasteiger partial charge in [0.25, 0.3) is 0 Å². The molecular weight excluding hydrogens is 236 g/mol. The van der Waals surface area contributed by atoms with E-state index in [2.05, 4.69) is 12.2 Å². The van der Waals surface area contributed by atoms with Gasteiger partial charge in [-0.1, -0.05) is 43.0 Å². The van der Waals surface area contributed by atoms with Crippen LogP contribution in [0.5, 0.6) is 0 Å². The molecule has 0 aliphatic carbocycles. The van der Waals surface area contributed by atoms with Gasteiger partial charge in [0.1, 0.15) is 5.82 Å². The minimum Gasteiger partial charge on any atom is -0.383 e. The topological polar surface area (TPSA) is 12.0 Å². The summed E-state index contributed by atoms with van der Waals surface area (Å²) in [5.74, 6) is -0.413. The maximum absolute atomic E-state index is 12.9. The summed E-state index contributed by atoms with van der Waals surface area (Å²) >= 11 is 11.7. The van der Waals surface area contributed by atoms with Crippen molar-refractivity contribution >= 4 is 28.9 Å². The van der Waals surface area contributed by atoms with Crippen LogP contribution in [0.25, 0.3) is 0 Å². The van der Waals surface area contributed by atoms with E-state index in [1.165, 1.54) is 12.1 Å². The van der Waals surface area contributed by atoms with E-state index in [1.807, 2.05) is 0 Å². The molecule has 0 aliphatic rings. The molecule has 0 radical (unpaired) electrons. The third kappa shape index (κ3) is 3.88. The van der Waals surface area contributed by atoms with Crippen molar-refractivity contribution in [1.82, 2.24) is 0 Å². The highest BCUT2D eigenvalue weighted by Crippen LogP contribution is 2.31. The van der Waals surface area contributed by atoms with Crippen LogP contribution in [0.1, 0.15) is 26.2 Å². The van der Waals surface area contributed by atoms with Crippen molar-refractivity contribution in [2.45, 2.75) is 26.2 Å². The second kappa shape index (κ2) is 6.19. The standard InChI is InChI=1S/C11H14Cl2FN/c1-2-3-4-5-15-11-9(12)6-8(14)7-10(11)13/h6-7,15H,2-5H2,1H3. The van der Waals surface area contributed by atoms with Crippen molar-refractivity contribution in [3.8, 4) is 0 Å². The number of nitrogens with one attached hydrogen (secondary N) is 1. The van der Waals surface area contributed by atoms with Crippen LogP contribution in [-0.2, 0) is 0 Å². The highest BCUT2D eigenvalue weighted by Gasteiger charge is 2.07. The molecule has 1 nitrogen and oxygen atoms in total. The average Bonchev–Trinajstić information content (AvgIpc) is 2.15. The van der Waals surface area contributed by atoms with Gasteiger partial charge in [-0.3, -0.25) is 0 Å². The van der Waals surface area contributed by atoms with Crippen LogP contribution >= 0.6 is 23.2 Å². The molecule has 0 saturated carbocycles. The molecule has 1 rings (SSSR count). The first-order valence-corrected chi connectivity index (χ1v) is 5.79. The van der Waals surface area contributed by atoms with Gasteiger partial charge in [-0.25, -0.2) is 4.39 Å². The minimum absolute atomic E-state index is 0.330. The SMILES string of the molecule is CCCCCNc1c(Cl)cc(F)cc1Cl. The van der Waals surface area contributed by atoms with Gasteiger partial charge in [0.15, 0.2) is 0 Å². The van der Waals surface area contributed by atoms with Crippen molar-refractivity contribution in [3.63, 3.8) is 0 Å². The van der Waals surface area contributed by atoms with E-state index in [0.717, 1.165) is 25.8 Å². The third-order valence-electron chi connectivity index (χ3n) is 2.09. The largest absolute Gasteiger partial charge is 0.383 e. The average molecular weight is 250 g/mol. The van der Waals surface area contributed by atoms with Gasteiger partial charge in [0.2, 0.25) is 0 Å². The molecule has 15 heavy (non-hydrogen) atoms. The predicted molar refractivity (Wildman–Crippen MR) is 64.4 cm³/mol. The molecule has 0 aliphatic heterocycles. The maximum Gasteiger partial charge on any atom is 0.126 e. The van der Waals surface area contributed by atoms with Gasteiger partial charge < -0.3 is 5.32 Å². The zero-order chi connectivity index (χ0) is 11.3. The number of rotatable bonds is 5. The van der Waals surface area contributed by atoms with Gasteiger partial charge in [-0.2, -0.15) is 0 Å². The van der Waals surface area contributed by atoms with Crippen LogP contribution in [0, 0.1) is 5.82 Å². The van der Waals surface area contributed by atoms with Gasteiger partial charge in [0.05, 0.1) is 15.7 Å². The lowest BCUT2D eigenvalue weighted by Gasteiger charge is -2.10. The van der Waals surface area contributed by atoms with Crippen LogP contribution in [0.15, 0.2) is 12.1 Å². The second-order valence-electron chi connectivity index (χ2n) is 3.38. The lowest BCUT2D eigenvalue weighted by atomic mass is 10.2. The molecule has 84 valence electrons. The fourth-order valence-corrected chi connectivity index (χ4v) is 1.89. The Morgan fingerprint density at radius 1 is 1.20 bits per heavy atom. The van der Waals surface area contributed by atoms with E-state index in [9.17, 15) is 4.39 Å². The molecule has 0 atom stereocenters. The summed E-state index contributed by atoms with van der Waals surface area (Å²) in [5, 5.41) is 3.77. The van der Waals surface area contributed by atoms with E-state index in [1.54, 1.807) is 0 Å². The molecule has 0 fully saturated rings. The molecule has 0 saturated heterocycles. The summed E-state index contributed by atoms with van der Waals surface area (Å²) in [7, 11) is 0. The summed E-state index contributed by atoms with van der Waals surface area (Å²) in [6.07, 6.45) is 3.37. The monoisotopic (exact) mass is 249 g/mol. The number of hydrogen-bond acceptors (Lipinski definition) is 1. The van der Waals surface area contributed by atoms with Crippen LogP contribution in [0.3, 0.4) is 0 Å². The Hall–Kier alpha value is -0.470. The molecule has 1 N–H and O–H groups in total.